The van der Waals surface area contributed by atoms with E-state index in [0.717, 1.165) is 31.1 Å². The van der Waals surface area contributed by atoms with Crippen LogP contribution in [-0.2, 0) is 11.3 Å². The maximum Gasteiger partial charge on any atom is 0.120 e. The summed E-state index contributed by atoms with van der Waals surface area (Å²) in [4.78, 5) is 13.4. The largest absolute Gasteiger partial charge is 0.303 e. The standard InChI is InChI=1S/C17H23NO/c1-17(7-8-19)9-15-12-18(13-16(15)10-17)11-14-5-3-2-4-6-14/h2-6,8,15-16H,7,9-13H2,1H3/t15-,16+,17?. The first-order valence-electron chi connectivity index (χ1n) is 7.38. The predicted molar refractivity (Wildman–Crippen MR) is 76.7 cm³/mol. The first kappa shape index (κ1) is 12.9. The highest BCUT2D eigenvalue weighted by Crippen LogP contribution is 2.50. The van der Waals surface area contributed by atoms with Crippen LogP contribution in [0.25, 0.3) is 0 Å². The van der Waals surface area contributed by atoms with Gasteiger partial charge in [-0.15, -0.1) is 0 Å². The molecular formula is C17H23NO. The van der Waals surface area contributed by atoms with Crippen molar-refractivity contribution in [2.24, 2.45) is 17.3 Å². The van der Waals surface area contributed by atoms with E-state index in [2.05, 4.69) is 42.2 Å². The highest BCUT2D eigenvalue weighted by atomic mass is 16.1. The van der Waals surface area contributed by atoms with Crippen LogP contribution in [0, 0.1) is 17.3 Å². The minimum Gasteiger partial charge on any atom is -0.303 e. The summed E-state index contributed by atoms with van der Waals surface area (Å²) in [6.07, 6.45) is 4.34. The summed E-state index contributed by atoms with van der Waals surface area (Å²) in [5.74, 6) is 1.63. The number of nitrogens with zero attached hydrogens (tertiary/aromatic N) is 1. The summed E-state index contributed by atoms with van der Waals surface area (Å²) in [6, 6.07) is 10.7. The molecule has 3 rings (SSSR count). The first-order chi connectivity index (χ1) is 9.18. The molecule has 0 aromatic heterocycles. The van der Waals surface area contributed by atoms with Gasteiger partial charge in [0, 0.05) is 26.1 Å². The van der Waals surface area contributed by atoms with Crippen LogP contribution in [0.1, 0.15) is 31.7 Å². The average Bonchev–Trinajstić information content (AvgIpc) is 2.85. The summed E-state index contributed by atoms with van der Waals surface area (Å²) in [7, 11) is 0. The zero-order chi connectivity index (χ0) is 13.3. The summed E-state index contributed by atoms with van der Waals surface area (Å²) in [5.41, 5.74) is 1.70. The van der Waals surface area contributed by atoms with Gasteiger partial charge < -0.3 is 4.79 Å². The average molecular weight is 257 g/mol. The van der Waals surface area contributed by atoms with Gasteiger partial charge in [-0.05, 0) is 35.7 Å². The number of hydrogen-bond donors (Lipinski definition) is 0. The van der Waals surface area contributed by atoms with Crippen LogP contribution in [-0.4, -0.2) is 24.3 Å². The fourth-order valence-electron chi connectivity index (χ4n) is 4.19. The molecule has 1 saturated heterocycles. The third kappa shape index (κ3) is 2.74. The lowest BCUT2D eigenvalue weighted by Crippen LogP contribution is -2.24. The lowest BCUT2D eigenvalue weighted by molar-refractivity contribution is -0.109. The Hall–Kier alpha value is -1.15. The van der Waals surface area contributed by atoms with E-state index in [1.54, 1.807) is 0 Å². The third-order valence-corrected chi connectivity index (χ3v) is 4.99. The number of fused-ring (bicyclic) bond motifs is 1. The molecule has 1 aliphatic heterocycles. The maximum absolute atomic E-state index is 10.8. The fourth-order valence-corrected chi connectivity index (χ4v) is 4.19. The van der Waals surface area contributed by atoms with Crippen molar-refractivity contribution in [2.45, 2.75) is 32.7 Å². The second-order valence-corrected chi connectivity index (χ2v) is 6.79. The topological polar surface area (TPSA) is 20.3 Å². The Balaban J connectivity index is 1.58. The number of carbonyl (C=O) groups excluding carboxylic acids is 1. The van der Waals surface area contributed by atoms with Gasteiger partial charge in [-0.3, -0.25) is 4.90 Å². The second-order valence-electron chi connectivity index (χ2n) is 6.79. The van der Waals surface area contributed by atoms with Crippen LogP contribution in [0.15, 0.2) is 30.3 Å². The van der Waals surface area contributed by atoms with Gasteiger partial charge in [-0.2, -0.15) is 0 Å². The van der Waals surface area contributed by atoms with E-state index >= 15 is 0 Å². The van der Waals surface area contributed by atoms with Crippen molar-refractivity contribution in [1.82, 2.24) is 4.90 Å². The van der Waals surface area contributed by atoms with E-state index in [-0.39, 0.29) is 5.41 Å². The molecule has 2 aliphatic rings. The summed E-state index contributed by atoms with van der Waals surface area (Å²) >= 11 is 0. The zero-order valence-corrected chi connectivity index (χ0v) is 11.7. The van der Waals surface area contributed by atoms with Crippen molar-refractivity contribution < 1.29 is 4.79 Å². The Kier molecular flexibility index (Phi) is 3.44. The maximum atomic E-state index is 10.8. The molecule has 1 aromatic carbocycles. The summed E-state index contributed by atoms with van der Waals surface area (Å²) in [5, 5.41) is 0. The molecular weight excluding hydrogens is 234 g/mol. The van der Waals surface area contributed by atoms with Crippen LogP contribution < -0.4 is 0 Å². The molecule has 2 fully saturated rings. The summed E-state index contributed by atoms with van der Waals surface area (Å²) in [6.45, 7) is 5.81. The lowest BCUT2D eigenvalue weighted by Gasteiger charge is -2.25. The van der Waals surface area contributed by atoms with E-state index < -0.39 is 0 Å². The minimum atomic E-state index is 0.288. The molecule has 0 radical (unpaired) electrons. The Bertz CT molecular complexity index is 428. The van der Waals surface area contributed by atoms with Crippen molar-refractivity contribution in [3.8, 4) is 0 Å². The van der Waals surface area contributed by atoms with Crippen LogP contribution in [0.3, 0.4) is 0 Å². The normalized spacial score (nSPS) is 34.4. The molecule has 0 spiro atoms. The molecule has 2 nitrogen and oxygen atoms in total. The molecule has 0 amide bonds. The quantitative estimate of drug-likeness (QED) is 0.772. The number of rotatable bonds is 4. The Morgan fingerprint density at radius 3 is 2.42 bits per heavy atom. The molecule has 1 heterocycles. The van der Waals surface area contributed by atoms with Gasteiger partial charge in [-0.25, -0.2) is 0 Å². The molecule has 102 valence electrons. The smallest absolute Gasteiger partial charge is 0.120 e. The van der Waals surface area contributed by atoms with Gasteiger partial charge in [0.15, 0.2) is 0 Å². The van der Waals surface area contributed by atoms with E-state index in [9.17, 15) is 4.79 Å². The predicted octanol–water partition coefficient (Wildman–Crippen LogP) is 3.12. The van der Waals surface area contributed by atoms with E-state index in [1.807, 2.05) is 0 Å². The molecule has 1 unspecified atom stereocenters. The highest BCUT2D eigenvalue weighted by molar-refractivity contribution is 5.50. The van der Waals surface area contributed by atoms with Crippen LogP contribution in [0.2, 0.25) is 0 Å². The molecule has 0 bridgehead atoms. The van der Waals surface area contributed by atoms with Crippen molar-refractivity contribution in [3.63, 3.8) is 0 Å². The second kappa shape index (κ2) is 5.09. The molecule has 3 atom stereocenters. The number of hydrogen-bond acceptors (Lipinski definition) is 2. The van der Waals surface area contributed by atoms with Crippen LogP contribution in [0.5, 0.6) is 0 Å². The molecule has 1 saturated carbocycles. The highest BCUT2D eigenvalue weighted by Gasteiger charge is 2.46. The minimum absolute atomic E-state index is 0.288. The van der Waals surface area contributed by atoms with Gasteiger partial charge in [0.25, 0.3) is 0 Å². The van der Waals surface area contributed by atoms with E-state index in [1.165, 1.54) is 31.5 Å². The summed E-state index contributed by atoms with van der Waals surface area (Å²) < 4.78 is 0. The van der Waals surface area contributed by atoms with Crippen LogP contribution >= 0.6 is 0 Å². The molecule has 0 N–H and O–H groups in total. The van der Waals surface area contributed by atoms with Crippen molar-refractivity contribution >= 4 is 6.29 Å². The van der Waals surface area contributed by atoms with E-state index in [4.69, 9.17) is 0 Å². The molecule has 1 aromatic rings. The molecule has 19 heavy (non-hydrogen) atoms. The monoisotopic (exact) mass is 257 g/mol. The van der Waals surface area contributed by atoms with Gasteiger partial charge in [0.1, 0.15) is 6.29 Å². The van der Waals surface area contributed by atoms with Gasteiger partial charge >= 0.3 is 0 Å². The Morgan fingerprint density at radius 2 is 1.84 bits per heavy atom. The SMILES string of the molecule is CC1(CC=O)C[C@H]2CN(Cc3ccccc3)C[C@H]2C1. The van der Waals surface area contributed by atoms with E-state index in [0.29, 0.717) is 0 Å². The van der Waals surface area contributed by atoms with Crippen molar-refractivity contribution in [2.75, 3.05) is 13.1 Å². The van der Waals surface area contributed by atoms with Crippen molar-refractivity contribution in [1.29, 1.82) is 0 Å². The third-order valence-electron chi connectivity index (χ3n) is 4.99. The van der Waals surface area contributed by atoms with Gasteiger partial charge in [0.05, 0.1) is 0 Å². The molecule has 2 heteroatoms. The fraction of sp³-hybridized carbons (Fsp3) is 0.588. The molecule has 1 aliphatic carbocycles. The number of carbonyl (C=O) groups is 1. The first-order valence-corrected chi connectivity index (χ1v) is 7.38. The van der Waals surface area contributed by atoms with Crippen molar-refractivity contribution in [3.05, 3.63) is 35.9 Å². The Labute approximate surface area is 115 Å². The number of likely N-dealkylation sites (tertiary alicyclic amines) is 1. The number of aldehydes is 1. The Morgan fingerprint density at radius 1 is 1.21 bits per heavy atom. The van der Waals surface area contributed by atoms with Crippen LogP contribution in [0.4, 0.5) is 0 Å². The lowest BCUT2D eigenvalue weighted by atomic mass is 9.84. The van der Waals surface area contributed by atoms with Gasteiger partial charge in [0.2, 0.25) is 0 Å². The van der Waals surface area contributed by atoms with Gasteiger partial charge in [-0.1, -0.05) is 37.3 Å². The zero-order valence-electron chi connectivity index (χ0n) is 11.7. The number of benzene rings is 1.